The summed E-state index contributed by atoms with van der Waals surface area (Å²) in [6.07, 6.45) is 3.28. The van der Waals surface area contributed by atoms with E-state index < -0.39 is 102 Å². The average molecular weight is 1220 g/mol. The Morgan fingerprint density at radius 3 is 1.86 bits per heavy atom. The van der Waals surface area contributed by atoms with Crippen LogP contribution in [0, 0.1) is 0 Å². The van der Waals surface area contributed by atoms with Crippen molar-refractivity contribution in [1.82, 2.24) is 52.8 Å². The Labute approximate surface area is 500 Å². The number of hydrogen-bond acceptors (Lipinski definition) is 17. The molecule has 1 fully saturated rings. The highest BCUT2D eigenvalue weighted by atomic mass is 35.5. The number of nitrogens with zero attached hydrogens (tertiary/aromatic N) is 1. The van der Waals surface area contributed by atoms with Crippen LogP contribution in [0.1, 0.15) is 78.9 Å². The molecule has 9 atom stereocenters. The quantitative estimate of drug-likeness (QED) is 0.0336. The van der Waals surface area contributed by atoms with Gasteiger partial charge in [0.1, 0.15) is 53.8 Å². The third-order valence-electron chi connectivity index (χ3n) is 13.4. The van der Waals surface area contributed by atoms with E-state index in [9.17, 15) is 58.5 Å². The van der Waals surface area contributed by atoms with Crippen molar-refractivity contribution >= 4 is 86.4 Å². The van der Waals surface area contributed by atoms with E-state index in [0.717, 1.165) is 21.6 Å². The lowest BCUT2D eigenvalue weighted by Crippen LogP contribution is -2.62. The number of amides is 9. The van der Waals surface area contributed by atoms with E-state index in [1.165, 1.54) is 67.8 Å². The smallest absolute Gasteiger partial charge is 0.252 e. The molecule has 454 valence electrons. The van der Waals surface area contributed by atoms with Crippen molar-refractivity contribution in [1.29, 1.82) is 0 Å². The summed E-state index contributed by atoms with van der Waals surface area (Å²) in [5.74, 6) is -8.13. The highest BCUT2D eigenvalue weighted by Gasteiger charge is 2.36. The van der Waals surface area contributed by atoms with Crippen molar-refractivity contribution in [2.75, 3.05) is 31.6 Å². The number of aromatic hydroxyl groups is 2. The van der Waals surface area contributed by atoms with Gasteiger partial charge in [-0.3, -0.25) is 48.1 Å². The van der Waals surface area contributed by atoms with Crippen molar-refractivity contribution in [3.05, 3.63) is 125 Å². The molecular weight excluding hydrogens is 1140 g/mol. The lowest BCUT2D eigenvalue weighted by atomic mass is 10.0. The molecule has 4 aromatic rings. The summed E-state index contributed by atoms with van der Waals surface area (Å²) in [5.41, 5.74) is 14.1. The van der Waals surface area contributed by atoms with Crippen LogP contribution in [0.4, 0.5) is 0 Å². The van der Waals surface area contributed by atoms with Crippen molar-refractivity contribution < 1.29 is 58.5 Å². The zero-order chi connectivity index (χ0) is 61.1. The van der Waals surface area contributed by atoms with Crippen molar-refractivity contribution in [3.8, 4) is 11.5 Å². The molecule has 0 bridgehead atoms. The minimum atomic E-state index is -1.73. The van der Waals surface area contributed by atoms with Crippen molar-refractivity contribution in [3.63, 3.8) is 0 Å². The summed E-state index contributed by atoms with van der Waals surface area (Å²) in [4.78, 5) is 131. The number of benzene rings is 3. The lowest BCUT2D eigenvalue weighted by molar-refractivity contribution is -0.136. The first-order valence-corrected chi connectivity index (χ1v) is 30.3. The number of carbonyl (C=O) groups is 9. The van der Waals surface area contributed by atoms with Gasteiger partial charge in [-0.2, -0.15) is 0 Å². The zero-order valence-electron chi connectivity index (χ0n) is 46.6. The number of rotatable bonds is 24. The highest BCUT2D eigenvalue weighted by Crippen LogP contribution is 2.24. The fourth-order valence-corrected chi connectivity index (χ4v) is 11.1. The number of phenolic OH excluding ortho intramolecular Hbond substituents is 2. The summed E-state index contributed by atoms with van der Waals surface area (Å²) < 4.78 is 0. The van der Waals surface area contributed by atoms with E-state index in [1.807, 2.05) is 0 Å². The van der Waals surface area contributed by atoms with Crippen molar-refractivity contribution in [2.24, 2.45) is 11.5 Å². The molecule has 16 N–H and O–H groups in total. The summed E-state index contributed by atoms with van der Waals surface area (Å²) in [6, 6.07) is 10.0. The van der Waals surface area contributed by atoms with E-state index >= 15 is 0 Å². The number of unbranched alkanes of at least 4 members (excludes halogenated alkanes) is 3. The number of aromatic nitrogens is 1. The molecule has 0 radical (unpaired) electrons. The van der Waals surface area contributed by atoms with Gasteiger partial charge in [0.2, 0.25) is 47.3 Å². The highest BCUT2D eigenvalue weighted by molar-refractivity contribution is 8.76. The lowest BCUT2D eigenvalue weighted by Gasteiger charge is -2.29. The van der Waals surface area contributed by atoms with Gasteiger partial charge in [-0.1, -0.05) is 82.4 Å². The number of nitrogens with one attached hydrogen (secondary N) is 9. The maximum Gasteiger partial charge on any atom is 0.252 e. The Bertz CT molecular complexity index is 2830. The molecule has 1 aliphatic rings. The molecule has 0 aliphatic carbocycles. The predicted octanol–water partition coefficient (Wildman–Crippen LogP) is 0.536. The van der Waals surface area contributed by atoms with Gasteiger partial charge in [0.05, 0.1) is 17.7 Å². The minimum absolute atomic E-state index is 0.0287. The summed E-state index contributed by atoms with van der Waals surface area (Å²) in [7, 11) is 3.72. The third kappa shape index (κ3) is 22.9. The SMILES string of the molecule is CNCCCCC[C@@H]1NC(=O)[C@@H](CCCCNC(=O)c2cccnc2)NC(=O)[C@H](Cc2ccc(O)cc2)NC(=O)[C@H](NC(=O)[C@@H](N)Cc2ccc(Cl)cc2)CSSC[C@@H](C(=O)NC(Cc2ccc(O)cc2)C(N)=O)NC(=O)[C@H]([C@@H](C)O)NC1=O. The molecule has 5 rings (SSSR count). The molecule has 0 spiro atoms. The average Bonchev–Trinajstić information content (AvgIpc) is 3.57. The van der Waals surface area contributed by atoms with Crippen LogP contribution in [-0.4, -0.2) is 160 Å². The second-order valence-electron chi connectivity index (χ2n) is 20.2. The maximum atomic E-state index is 14.8. The fourth-order valence-electron chi connectivity index (χ4n) is 8.66. The Morgan fingerprint density at radius 1 is 0.690 bits per heavy atom. The van der Waals surface area contributed by atoms with E-state index in [-0.39, 0.29) is 74.0 Å². The number of primary amides is 1. The maximum absolute atomic E-state index is 14.8. The molecule has 9 amide bonds. The van der Waals surface area contributed by atoms with Gasteiger partial charge in [0.15, 0.2) is 0 Å². The minimum Gasteiger partial charge on any atom is -0.508 e. The number of halogens is 1. The number of aliphatic hydroxyl groups is 1. The standard InChI is InChI=1S/C57H75ClN12O12S2/c1-33(71)48-57(82)69-47(55(80)66-44(49(60)74)28-35-14-20-39(72)21-15-35)32-84-83-31-46(68-51(76)41(59)27-34-12-18-38(58)19-13-34)56(81)67-45(29-36-16-22-40(73)23-17-36)54(79)65-42(11-5-7-26-63-50(75)37-9-8-25-62-30-37)52(77)64-43(53(78)70-48)10-4-3-6-24-61-2/h8-9,12-23,25,30,33,41-48,61,71-73H,3-7,10-11,24,26-29,31-32,59H2,1-2H3,(H2,60,74)(H,63,75)(H,64,77)(H,65,79)(H,66,80)(H,67,81)(H,68,76)(H,69,82)(H,70,78)/t33-,41+,42-,43+,44?,45+,46-,47+,48+/m1/s1. The summed E-state index contributed by atoms with van der Waals surface area (Å²) in [5, 5.41) is 56.0. The summed E-state index contributed by atoms with van der Waals surface area (Å²) >= 11 is 6.09. The van der Waals surface area contributed by atoms with Crippen LogP contribution in [0.25, 0.3) is 0 Å². The van der Waals surface area contributed by atoms with E-state index in [4.69, 9.17) is 23.1 Å². The Morgan fingerprint density at radius 2 is 1.25 bits per heavy atom. The van der Waals surface area contributed by atoms with Gasteiger partial charge < -0.3 is 74.6 Å². The predicted molar refractivity (Wildman–Crippen MR) is 319 cm³/mol. The van der Waals surface area contributed by atoms with Crippen LogP contribution >= 0.6 is 33.2 Å². The molecule has 1 aliphatic heterocycles. The number of aliphatic hydroxyl groups excluding tert-OH is 1. The first kappa shape index (κ1) is 67.3. The first-order chi connectivity index (χ1) is 40.2. The first-order valence-electron chi connectivity index (χ1n) is 27.4. The molecule has 84 heavy (non-hydrogen) atoms. The Kier molecular flexibility index (Phi) is 28.0. The number of phenols is 2. The van der Waals surface area contributed by atoms with Gasteiger partial charge in [0.25, 0.3) is 5.91 Å². The number of pyridine rings is 1. The molecule has 0 saturated carbocycles. The van der Waals surface area contributed by atoms with Gasteiger partial charge >= 0.3 is 0 Å². The molecule has 1 saturated heterocycles. The van der Waals surface area contributed by atoms with Crippen LogP contribution in [-0.2, 0) is 57.6 Å². The molecule has 27 heteroatoms. The number of carbonyl (C=O) groups excluding carboxylic acids is 9. The van der Waals surface area contributed by atoms with Crippen molar-refractivity contribution in [2.45, 2.75) is 126 Å². The second-order valence-corrected chi connectivity index (χ2v) is 23.2. The van der Waals surface area contributed by atoms with Crippen LogP contribution in [0.5, 0.6) is 11.5 Å². The third-order valence-corrected chi connectivity index (χ3v) is 16.1. The molecule has 3 aromatic carbocycles. The number of nitrogens with two attached hydrogens (primary N) is 2. The Hall–Kier alpha value is -7.49. The topological polar surface area (TPSA) is 388 Å². The summed E-state index contributed by atoms with van der Waals surface area (Å²) in [6.45, 7) is 2.05. The van der Waals surface area contributed by atoms with E-state index in [0.29, 0.717) is 59.5 Å². The molecule has 1 unspecified atom stereocenters. The molecular formula is C57H75ClN12O12S2. The van der Waals surface area contributed by atoms with Crippen LogP contribution in [0.3, 0.4) is 0 Å². The monoisotopic (exact) mass is 1220 g/mol. The van der Waals surface area contributed by atoms with Gasteiger partial charge in [0, 0.05) is 48.3 Å². The molecule has 2 heterocycles. The Balaban J connectivity index is 1.54. The van der Waals surface area contributed by atoms with Crippen LogP contribution in [0.2, 0.25) is 5.02 Å². The largest absolute Gasteiger partial charge is 0.508 e. The van der Waals surface area contributed by atoms with E-state index in [2.05, 4.69) is 52.8 Å². The number of hydrogen-bond donors (Lipinski definition) is 14. The zero-order valence-corrected chi connectivity index (χ0v) is 49.0. The van der Waals surface area contributed by atoms with Gasteiger partial charge in [-0.25, -0.2) is 0 Å². The van der Waals surface area contributed by atoms with Crippen LogP contribution in [0.15, 0.2) is 97.3 Å². The van der Waals surface area contributed by atoms with E-state index in [1.54, 1.807) is 43.4 Å². The fraction of sp³-hybridized carbons (Fsp3) is 0.439. The second kappa shape index (κ2) is 35.0. The van der Waals surface area contributed by atoms with Crippen LogP contribution < -0.4 is 59.3 Å². The normalized spacial score (nSPS) is 20.5. The molecule has 24 nitrogen and oxygen atoms in total. The molecule has 1 aromatic heterocycles. The van der Waals surface area contributed by atoms with Gasteiger partial charge in [-0.05, 0) is 124 Å². The van der Waals surface area contributed by atoms with Gasteiger partial charge in [-0.15, -0.1) is 0 Å².